The monoisotopic (exact) mass is 387 g/mol. The van der Waals surface area contributed by atoms with Crippen LogP contribution >= 0.6 is 0 Å². The van der Waals surface area contributed by atoms with Gasteiger partial charge in [0.15, 0.2) is 0 Å². The van der Waals surface area contributed by atoms with E-state index in [4.69, 9.17) is 4.74 Å². The van der Waals surface area contributed by atoms with E-state index in [9.17, 15) is 4.79 Å². The van der Waals surface area contributed by atoms with Crippen molar-refractivity contribution in [1.29, 1.82) is 0 Å². The largest absolute Gasteiger partial charge is 0.362 e. The molecule has 1 amide bonds. The van der Waals surface area contributed by atoms with Crippen molar-refractivity contribution in [3.8, 4) is 0 Å². The Kier molecular flexibility index (Phi) is 6.25. The van der Waals surface area contributed by atoms with Crippen LogP contribution in [-0.2, 0) is 18.0 Å². The molecule has 0 bridgehead atoms. The highest BCUT2D eigenvalue weighted by Gasteiger charge is 2.26. The molecule has 2 aromatic heterocycles. The molecule has 3 heterocycles. The summed E-state index contributed by atoms with van der Waals surface area (Å²) >= 11 is 0. The summed E-state index contributed by atoms with van der Waals surface area (Å²) in [4.78, 5) is 25.0. The number of amides is 1. The molecule has 0 radical (unpaired) electrons. The standard InChI is InChI=1S/C19H29N7O2/c1-13-14(2)22-17(19(27)24(3)4)23-18(13)25-9-7-15(11-25)20-10-16-6-8-21-26(16)12-28-5/h6,8,15,20H,7,9-12H2,1-5H3/t15-/m1/s1. The van der Waals surface area contributed by atoms with E-state index in [-0.39, 0.29) is 11.7 Å². The van der Waals surface area contributed by atoms with E-state index >= 15 is 0 Å². The number of hydrogen-bond acceptors (Lipinski definition) is 7. The van der Waals surface area contributed by atoms with Gasteiger partial charge in [-0.1, -0.05) is 0 Å². The molecule has 0 aromatic carbocycles. The van der Waals surface area contributed by atoms with Crippen LogP contribution in [0.3, 0.4) is 0 Å². The molecule has 2 aromatic rings. The first kappa shape index (κ1) is 20.2. The lowest BCUT2D eigenvalue weighted by atomic mass is 10.2. The van der Waals surface area contributed by atoms with Gasteiger partial charge in [0, 0.05) is 64.3 Å². The maximum Gasteiger partial charge on any atom is 0.291 e. The normalized spacial score (nSPS) is 16.6. The fourth-order valence-corrected chi connectivity index (χ4v) is 3.33. The van der Waals surface area contributed by atoms with Gasteiger partial charge >= 0.3 is 0 Å². The minimum absolute atomic E-state index is 0.176. The first-order valence-corrected chi connectivity index (χ1v) is 9.45. The Labute approximate surface area is 165 Å². The zero-order valence-electron chi connectivity index (χ0n) is 17.3. The van der Waals surface area contributed by atoms with Crippen molar-refractivity contribution in [3.05, 3.63) is 35.0 Å². The number of aryl methyl sites for hydroxylation is 1. The predicted octanol–water partition coefficient (Wildman–Crippen LogP) is 0.964. The molecule has 1 fully saturated rings. The van der Waals surface area contributed by atoms with Gasteiger partial charge in [0.05, 0.1) is 5.69 Å². The van der Waals surface area contributed by atoms with Crippen molar-refractivity contribution in [2.75, 3.05) is 39.2 Å². The second-order valence-corrected chi connectivity index (χ2v) is 7.33. The second-order valence-electron chi connectivity index (χ2n) is 7.33. The van der Waals surface area contributed by atoms with E-state index in [0.29, 0.717) is 12.8 Å². The molecule has 1 atom stereocenters. The fraction of sp³-hybridized carbons (Fsp3) is 0.579. The van der Waals surface area contributed by atoms with Gasteiger partial charge in [0.1, 0.15) is 12.5 Å². The molecule has 152 valence electrons. The molecule has 0 spiro atoms. The number of ether oxygens (including phenoxy) is 1. The van der Waals surface area contributed by atoms with E-state index in [1.165, 1.54) is 4.90 Å². The molecule has 1 aliphatic heterocycles. The van der Waals surface area contributed by atoms with Crippen molar-refractivity contribution in [2.45, 2.75) is 39.6 Å². The number of nitrogens with one attached hydrogen (secondary N) is 1. The summed E-state index contributed by atoms with van der Waals surface area (Å²) < 4.78 is 7.01. The summed E-state index contributed by atoms with van der Waals surface area (Å²) in [7, 11) is 5.09. The molecular weight excluding hydrogens is 358 g/mol. The number of anilines is 1. The first-order valence-electron chi connectivity index (χ1n) is 9.45. The summed E-state index contributed by atoms with van der Waals surface area (Å²) in [5, 5.41) is 7.86. The summed E-state index contributed by atoms with van der Waals surface area (Å²) in [5.74, 6) is 0.930. The first-order chi connectivity index (χ1) is 13.4. The lowest BCUT2D eigenvalue weighted by molar-refractivity contribution is 0.0815. The molecule has 1 N–H and O–H groups in total. The molecule has 1 saturated heterocycles. The van der Waals surface area contributed by atoms with Crippen LogP contribution in [0.2, 0.25) is 0 Å². The van der Waals surface area contributed by atoms with Crippen LogP contribution in [0.25, 0.3) is 0 Å². The van der Waals surface area contributed by atoms with Gasteiger partial charge in [-0.3, -0.25) is 4.79 Å². The van der Waals surface area contributed by atoms with Crippen molar-refractivity contribution >= 4 is 11.7 Å². The average Bonchev–Trinajstić information content (AvgIpc) is 3.31. The van der Waals surface area contributed by atoms with Crippen LogP contribution in [0.15, 0.2) is 12.3 Å². The van der Waals surface area contributed by atoms with Crippen LogP contribution in [0.1, 0.15) is 34.0 Å². The summed E-state index contributed by atoms with van der Waals surface area (Å²) in [6.07, 6.45) is 2.80. The van der Waals surface area contributed by atoms with Crippen molar-refractivity contribution in [3.63, 3.8) is 0 Å². The molecule has 9 nitrogen and oxygen atoms in total. The van der Waals surface area contributed by atoms with Crippen LogP contribution < -0.4 is 10.2 Å². The molecule has 1 aliphatic rings. The summed E-state index contributed by atoms with van der Waals surface area (Å²) in [6.45, 7) is 6.85. The Bertz CT molecular complexity index is 834. The van der Waals surface area contributed by atoms with Crippen LogP contribution in [0, 0.1) is 13.8 Å². The van der Waals surface area contributed by atoms with Gasteiger partial charge in [-0.2, -0.15) is 5.10 Å². The highest BCUT2D eigenvalue weighted by Crippen LogP contribution is 2.24. The van der Waals surface area contributed by atoms with E-state index < -0.39 is 0 Å². The molecule has 0 saturated carbocycles. The fourth-order valence-electron chi connectivity index (χ4n) is 3.33. The Balaban J connectivity index is 1.68. The summed E-state index contributed by atoms with van der Waals surface area (Å²) in [6, 6.07) is 2.34. The number of methoxy groups -OCH3 is 1. The third-order valence-electron chi connectivity index (χ3n) is 5.08. The SMILES string of the molecule is COCn1nccc1CN[C@@H]1CCN(c2nc(C(=O)N(C)C)nc(C)c2C)C1. The lowest BCUT2D eigenvalue weighted by Gasteiger charge is -2.22. The highest BCUT2D eigenvalue weighted by atomic mass is 16.5. The van der Waals surface area contributed by atoms with Gasteiger partial charge in [-0.15, -0.1) is 0 Å². The Morgan fingerprint density at radius 3 is 2.86 bits per heavy atom. The van der Waals surface area contributed by atoms with E-state index in [2.05, 4.69) is 25.3 Å². The molecule has 9 heteroatoms. The highest BCUT2D eigenvalue weighted by molar-refractivity contribution is 5.90. The van der Waals surface area contributed by atoms with Crippen molar-refractivity contribution in [2.24, 2.45) is 0 Å². The van der Waals surface area contributed by atoms with Crippen molar-refractivity contribution in [1.82, 2.24) is 30.0 Å². The second kappa shape index (κ2) is 8.66. The van der Waals surface area contributed by atoms with Crippen LogP contribution in [0.4, 0.5) is 5.82 Å². The molecule has 0 unspecified atom stereocenters. The third-order valence-corrected chi connectivity index (χ3v) is 5.08. The number of hydrogen-bond donors (Lipinski definition) is 1. The van der Waals surface area contributed by atoms with Gasteiger partial charge < -0.3 is 19.9 Å². The van der Waals surface area contributed by atoms with Crippen LogP contribution in [-0.4, -0.2) is 70.9 Å². The maximum absolute atomic E-state index is 12.3. The van der Waals surface area contributed by atoms with E-state index in [1.807, 2.05) is 24.6 Å². The predicted molar refractivity (Wildman–Crippen MR) is 106 cm³/mol. The lowest BCUT2D eigenvalue weighted by Crippen LogP contribution is -2.34. The maximum atomic E-state index is 12.3. The number of carbonyl (C=O) groups excluding carboxylic acids is 1. The molecule has 3 rings (SSSR count). The quantitative estimate of drug-likeness (QED) is 0.757. The zero-order valence-corrected chi connectivity index (χ0v) is 17.3. The third kappa shape index (κ3) is 4.31. The number of carbonyl (C=O) groups is 1. The Hall–Kier alpha value is -2.52. The minimum Gasteiger partial charge on any atom is -0.362 e. The van der Waals surface area contributed by atoms with E-state index in [1.54, 1.807) is 27.4 Å². The van der Waals surface area contributed by atoms with Gasteiger partial charge in [-0.05, 0) is 26.3 Å². The van der Waals surface area contributed by atoms with Crippen molar-refractivity contribution < 1.29 is 9.53 Å². The topological polar surface area (TPSA) is 88.4 Å². The van der Waals surface area contributed by atoms with Crippen LogP contribution in [0.5, 0.6) is 0 Å². The molecule has 0 aliphatic carbocycles. The molecule has 28 heavy (non-hydrogen) atoms. The number of rotatable bonds is 7. The number of aromatic nitrogens is 4. The Morgan fingerprint density at radius 2 is 2.14 bits per heavy atom. The Morgan fingerprint density at radius 1 is 1.36 bits per heavy atom. The molecular formula is C19H29N7O2. The summed E-state index contributed by atoms with van der Waals surface area (Å²) in [5.41, 5.74) is 2.96. The van der Waals surface area contributed by atoms with E-state index in [0.717, 1.165) is 48.8 Å². The van der Waals surface area contributed by atoms with Gasteiger partial charge in [0.25, 0.3) is 5.91 Å². The zero-order chi connectivity index (χ0) is 20.3. The smallest absolute Gasteiger partial charge is 0.291 e. The minimum atomic E-state index is -0.176. The average molecular weight is 387 g/mol. The van der Waals surface area contributed by atoms with Gasteiger partial charge in [0.2, 0.25) is 5.82 Å². The number of nitrogens with zero attached hydrogens (tertiary/aromatic N) is 6. The van der Waals surface area contributed by atoms with Gasteiger partial charge in [-0.25, -0.2) is 14.6 Å².